The summed E-state index contributed by atoms with van der Waals surface area (Å²) in [6, 6.07) is 7.99. The van der Waals surface area contributed by atoms with Crippen molar-refractivity contribution in [1.29, 1.82) is 0 Å². The van der Waals surface area contributed by atoms with E-state index in [0.717, 1.165) is 12.1 Å². The largest absolute Gasteiger partial charge is 0.319 e. The van der Waals surface area contributed by atoms with Crippen LogP contribution in [0.25, 0.3) is 0 Å². The van der Waals surface area contributed by atoms with Gasteiger partial charge in [-0.2, -0.15) is 0 Å². The Morgan fingerprint density at radius 2 is 1.76 bits per heavy atom. The Hall–Kier alpha value is -2.81. The number of sulfonamides is 1. The van der Waals surface area contributed by atoms with E-state index in [4.69, 9.17) is 0 Å². The van der Waals surface area contributed by atoms with E-state index in [2.05, 4.69) is 5.32 Å². The van der Waals surface area contributed by atoms with Crippen LogP contribution in [0.3, 0.4) is 0 Å². The summed E-state index contributed by atoms with van der Waals surface area (Å²) in [7, 11) is -3.68. The monoisotopic (exact) mass is 366 g/mol. The van der Waals surface area contributed by atoms with E-state index in [-0.39, 0.29) is 29.1 Å². The Bertz CT molecular complexity index is 959. The summed E-state index contributed by atoms with van der Waals surface area (Å²) >= 11 is 0. The summed E-state index contributed by atoms with van der Waals surface area (Å²) in [5.74, 6) is -3.13. The van der Waals surface area contributed by atoms with Crippen molar-refractivity contribution in [3.05, 3.63) is 59.7 Å². The molecule has 0 spiro atoms. The number of carbonyl (C=O) groups excluding carboxylic acids is 2. The SMILES string of the molecule is O=C(Nc1ccc(F)cc1F)c1ccc(N2C(=O)CCS2(=O)=O)cc1. The highest BCUT2D eigenvalue weighted by atomic mass is 32.2. The molecule has 0 atom stereocenters. The molecule has 6 nitrogen and oxygen atoms in total. The predicted octanol–water partition coefficient (Wildman–Crippen LogP) is 2.28. The fourth-order valence-electron chi connectivity index (χ4n) is 2.40. The zero-order chi connectivity index (χ0) is 18.2. The van der Waals surface area contributed by atoms with E-state index in [1.165, 1.54) is 24.3 Å². The summed E-state index contributed by atoms with van der Waals surface area (Å²) in [4.78, 5) is 23.8. The minimum atomic E-state index is -3.68. The van der Waals surface area contributed by atoms with Crippen molar-refractivity contribution < 1.29 is 26.8 Å². The van der Waals surface area contributed by atoms with Gasteiger partial charge in [-0.05, 0) is 36.4 Å². The molecule has 0 aliphatic carbocycles. The third kappa shape index (κ3) is 3.36. The lowest BCUT2D eigenvalue weighted by Crippen LogP contribution is -2.29. The van der Waals surface area contributed by atoms with Gasteiger partial charge in [0.25, 0.3) is 5.91 Å². The number of carbonyl (C=O) groups is 2. The molecule has 1 N–H and O–H groups in total. The molecule has 3 rings (SSSR count). The molecule has 0 radical (unpaired) electrons. The van der Waals surface area contributed by atoms with E-state index < -0.39 is 33.5 Å². The smallest absolute Gasteiger partial charge is 0.255 e. The molecule has 2 aromatic rings. The lowest BCUT2D eigenvalue weighted by Gasteiger charge is -2.15. The number of hydrogen-bond donors (Lipinski definition) is 1. The number of halogens is 2. The van der Waals surface area contributed by atoms with Crippen LogP contribution in [0.4, 0.5) is 20.2 Å². The number of amides is 2. The molecule has 0 saturated carbocycles. The van der Waals surface area contributed by atoms with E-state index in [1.54, 1.807) is 0 Å². The highest BCUT2D eigenvalue weighted by Crippen LogP contribution is 2.25. The molecule has 1 saturated heterocycles. The van der Waals surface area contributed by atoms with Crippen LogP contribution < -0.4 is 9.62 Å². The lowest BCUT2D eigenvalue weighted by molar-refractivity contribution is -0.116. The van der Waals surface area contributed by atoms with Crippen molar-refractivity contribution >= 4 is 33.2 Å². The molecule has 25 heavy (non-hydrogen) atoms. The first-order valence-electron chi connectivity index (χ1n) is 7.20. The fraction of sp³-hybridized carbons (Fsp3) is 0.125. The number of rotatable bonds is 3. The number of benzene rings is 2. The molecule has 0 bridgehead atoms. The molecule has 2 amide bonds. The normalized spacial score (nSPS) is 16.1. The van der Waals surface area contributed by atoms with Gasteiger partial charge < -0.3 is 5.32 Å². The summed E-state index contributed by atoms with van der Waals surface area (Å²) in [6.45, 7) is 0. The van der Waals surface area contributed by atoms with E-state index in [1.807, 2.05) is 0 Å². The highest BCUT2D eigenvalue weighted by molar-refractivity contribution is 7.94. The number of nitrogens with zero attached hydrogens (tertiary/aromatic N) is 1. The molecular formula is C16H12F2N2O4S. The minimum Gasteiger partial charge on any atom is -0.319 e. The molecule has 0 unspecified atom stereocenters. The standard InChI is InChI=1S/C16H12F2N2O4S/c17-11-3-6-14(13(18)9-11)19-16(22)10-1-4-12(5-2-10)20-15(21)7-8-25(20,23)24/h1-6,9H,7-8H2,(H,19,22). The van der Waals surface area contributed by atoms with Crippen LogP contribution in [0, 0.1) is 11.6 Å². The van der Waals surface area contributed by atoms with Crippen LogP contribution in [-0.4, -0.2) is 26.0 Å². The van der Waals surface area contributed by atoms with Crippen molar-refractivity contribution in [3.8, 4) is 0 Å². The number of hydrogen-bond acceptors (Lipinski definition) is 4. The minimum absolute atomic E-state index is 0.0889. The van der Waals surface area contributed by atoms with Crippen molar-refractivity contribution in [2.45, 2.75) is 6.42 Å². The van der Waals surface area contributed by atoms with E-state index in [0.29, 0.717) is 10.4 Å². The van der Waals surface area contributed by atoms with Gasteiger partial charge >= 0.3 is 0 Å². The molecule has 2 aromatic carbocycles. The van der Waals surface area contributed by atoms with Gasteiger partial charge in [0.15, 0.2) is 0 Å². The Morgan fingerprint density at radius 3 is 2.32 bits per heavy atom. The second-order valence-electron chi connectivity index (χ2n) is 5.35. The Kier molecular flexibility index (Phi) is 4.25. The number of nitrogens with one attached hydrogen (secondary N) is 1. The van der Waals surface area contributed by atoms with Crippen molar-refractivity contribution in [2.75, 3.05) is 15.4 Å². The summed E-state index contributed by atoms with van der Waals surface area (Å²) in [5, 5.41) is 2.29. The maximum atomic E-state index is 13.6. The second-order valence-corrected chi connectivity index (χ2v) is 7.29. The van der Waals surface area contributed by atoms with Gasteiger partial charge in [-0.25, -0.2) is 21.5 Å². The van der Waals surface area contributed by atoms with E-state index in [9.17, 15) is 26.8 Å². The Morgan fingerprint density at radius 1 is 1.08 bits per heavy atom. The molecular weight excluding hydrogens is 354 g/mol. The first-order chi connectivity index (χ1) is 11.8. The van der Waals surface area contributed by atoms with Crippen LogP contribution >= 0.6 is 0 Å². The van der Waals surface area contributed by atoms with Crippen LogP contribution in [0.15, 0.2) is 42.5 Å². The maximum Gasteiger partial charge on any atom is 0.255 e. The zero-order valence-corrected chi connectivity index (χ0v) is 13.5. The average molecular weight is 366 g/mol. The maximum absolute atomic E-state index is 13.6. The summed E-state index contributed by atoms with van der Waals surface area (Å²) < 4.78 is 50.8. The van der Waals surface area contributed by atoms with Crippen molar-refractivity contribution in [1.82, 2.24) is 0 Å². The van der Waals surface area contributed by atoms with E-state index >= 15 is 0 Å². The topological polar surface area (TPSA) is 83.6 Å². The first kappa shape index (κ1) is 17.0. The second kappa shape index (κ2) is 6.25. The predicted molar refractivity (Wildman–Crippen MR) is 86.6 cm³/mol. The van der Waals surface area contributed by atoms with Crippen molar-refractivity contribution in [3.63, 3.8) is 0 Å². The molecule has 9 heteroatoms. The third-order valence-corrected chi connectivity index (χ3v) is 5.31. The van der Waals surface area contributed by atoms with Gasteiger partial charge in [0.2, 0.25) is 15.9 Å². The third-order valence-electron chi connectivity index (χ3n) is 3.62. The Labute approximate surface area is 142 Å². The van der Waals surface area contributed by atoms with Gasteiger partial charge in [-0.3, -0.25) is 9.59 Å². The average Bonchev–Trinajstić information content (AvgIpc) is 2.83. The molecule has 130 valence electrons. The van der Waals surface area contributed by atoms with Crippen LogP contribution in [0.5, 0.6) is 0 Å². The quantitative estimate of drug-likeness (QED) is 0.903. The number of anilines is 2. The first-order valence-corrected chi connectivity index (χ1v) is 8.81. The van der Waals surface area contributed by atoms with Gasteiger partial charge in [0, 0.05) is 18.1 Å². The lowest BCUT2D eigenvalue weighted by atomic mass is 10.2. The molecule has 1 aliphatic heterocycles. The summed E-state index contributed by atoms with van der Waals surface area (Å²) in [5.41, 5.74) is 0.0660. The van der Waals surface area contributed by atoms with Crippen LogP contribution in [-0.2, 0) is 14.8 Å². The summed E-state index contributed by atoms with van der Waals surface area (Å²) in [6.07, 6.45) is -0.0889. The highest BCUT2D eigenvalue weighted by Gasteiger charge is 2.36. The van der Waals surface area contributed by atoms with Gasteiger partial charge in [0.05, 0.1) is 17.1 Å². The fourth-order valence-corrected chi connectivity index (χ4v) is 3.86. The molecule has 1 heterocycles. The van der Waals surface area contributed by atoms with Gasteiger partial charge in [0.1, 0.15) is 11.6 Å². The molecule has 0 aromatic heterocycles. The Balaban J connectivity index is 1.80. The van der Waals surface area contributed by atoms with Crippen molar-refractivity contribution in [2.24, 2.45) is 0 Å². The molecule has 1 fully saturated rings. The molecule has 1 aliphatic rings. The van der Waals surface area contributed by atoms with Crippen LogP contribution in [0.2, 0.25) is 0 Å². The van der Waals surface area contributed by atoms with Gasteiger partial charge in [-0.1, -0.05) is 0 Å². The van der Waals surface area contributed by atoms with Crippen LogP contribution in [0.1, 0.15) is 16.8 Å². The zero-order valence-electron chi connectivity index (χ0n) is 12.7. The van der Waals surface area contributed by atoms with Gasteiger partial charge in [-0.15, -0.1) is 0 Å².